The fourth-order valence-electron chi connectivity index (χ4n) is 2.77. The fourth-order valence-corrected chi connectivity index (χ4v) is 3.90. The Morgan fingerprint density at radius 1 is 1.32 bits per heavy atom. The Balaban J connectivity index is 1.60. The quantitative estimate of drug-likeness (QED) is 0.711. The number of hydrogen-bond donors (Lipinski definition) is 1. The number of benzene rings is 1. The number of amides is 1. The number of carbonyl (C=O) groups excluding carboxylic acids is 1. The topological polar surface area (TPSA) is 72.2 Å². The van der Waals surface area contributed by atoms with Crippen molar-refractivity contribution in [1.82, 2.24) is 19.6 Å². The molecule has 1 aliphatic rings. The van der Waals surface area contributed by atoms with Crippen LogP contribution in [-0.2, 0) is 11.2 Å². The number of anilines is 1. The molecule has 3 aromatic rings. The Morgan fingerprint density at radius 2 is 2.08 bits per heavy atom. The van der Waals surface area contributed by atoms with Crippen LogP contribution in [-0.4, -0.2) is 25.5 Å². The maximum absolute atomic E-state index is 11.8. The number of nitrogens with one attached hydrogen (secondary N) is 1. The molecule has 0 radical (unpaired) electrons. The highest BCUT2D eigenvalue weighted by Crippen LogP contribution is 2.33. The van der Waals surface area contributed by atoms with E-state index in [4.69, 9.17) is 0 Å². The molecule has 0 aliphatic heterocycles. The minimum atomic E-state index is 0.128. The zero-order valence-corrected chi connectivity index (χ0v) is 15.0. The lowest BCUT2D eigenvalue weighted by molar-refractivity contribution is -0.117. The van der Waals surface area contributed by atoms with Crippen LogP contribution in [0.25, 0.3) is 5.78 Å². The van der Waals surface area contributed by atoms with Crippen molar-refractivity contribution in [3.8, 4) is 0 Å². The summed E-state index contributed by atoms with van der Waals surface area (Å²) in [6.45, 7) is 4.13. The van der Waals surface area contributed by atoms with E-state index in [1.54, 1.807) is 16.3 Å². The smallest absolute Gasteiger partial charge is 0.253 e. The van der Waals surface area contributed by atoms with Gasteiger partial charge in [0, 0.05) is 27.8 Å². The second kappa shape index (κ2) is 6.48. The van der Waals surface area contributed by atoms with E-state index in [1.807, 2.05) is 31.2 Å². The summed E-state index contributed by atoms with van der Waals surface area (Å²) in [6.07, 6.45) is 4.43. The Morgan fingerprint density at radius 3 is 2.76 bits per heavy atom. The third kappa shape index (κ3) is 3.24. The first kappa shape index (κ1) is 16.1. The van der Waals surface area contributed by atoms with Gasteiger partial charge in [0.2, 0.25) is 5.91 Å². The molecule has 1 aromatic carbocycles. The number of fused-ring (bicyclic) bond motifs is 1. The first-order valence-corrected chi connectivity index (χ1v) is 9.25. The molecule has 0 atom stereocenters. The van der Waals surface area contributed by atoms with Crippen LogP contribution in [0.3, 0.4) is 0 Å². The van der Waals surface area contributed by atoms with Gasteiger partial charge in [-0.05, 0) is 50.5 Å². The van der Waals surface area contributed by atoms with Crippen molar-refractivity contribution in [3.05, 3.63) is 41.9 Å². The molecule has 4 rings (SSSR count). The molecule has 0 unspecified atom stereocenters. The first-order chi connectivity index (χ1) is 12.2. The molecule has 0 saturated heterocycles. The summed E-state index contributed by atoms with van der Waals surface area (Å²) in [5, 5.41) is 8.32. The third-order valence-corrected chi connectivity index (χ3v) is 5.44. The van der Waals surface area contributed by atoms with E-state index >= 15 is 0 Å². The van der Waals surface area contributed by atoms with E-state index in [1.165, 1.54) is 11.9 Å². The fraction of sp³-hybridized carbons (Fsp3) is 0.333. The maximum Gasteiger partial charge on any atom is 0.253 e. The van der Waals surface area contributed by atoms with Crippen LogP contribution in [0.5, 0.6) is 0 Å². The molecular weight excluding hydrogens is 334 g/mol. The van der Waals surface area contributed by atoms with Crippen molar-refractivity contribution in [1.29, 1.82) is 0 Å². The van der Waals surface area contributed by atoms with Gasteiger partial charge in [0.15, 0.2) is 0 Å². The monoisotopic (exact) mass is 353 g/mol. The van der Waals surface area contributed by atoms with Crippen LogP contribution >= 0.6 is 11.8 Å². The highest BCUT2D eigenvalue weighted by Gasteiger charge is 2.29. The van der Waals surface area contributed by atoms with Crippen LogP contribution in [0, 0.1) is 12.8 Å². The summed E-state index contributed by atoms with van der Waals surface area (Å²) in [5.41, 5.74) is 3.00. The number of aromatic nitrogens is 4. The molecule has 1 amide bonds. The van der Waals surface area contributed by atoms with Crippen molar-refractivity contribution in [2.24, 2.45) is 5.92 Å². The minimum Gasteiger partial charge on any atom is -0.326 e. The van der Waals surface area contributed by atoms with Gasteiger partial charge in [-0.15, -0.1) is 0 Å². The molecule has 1 N–H and O–H groups in total. The van der Waals surface area contributed by atoms with Gasteiger partial charge in [-0.2, -0.15) is 14.6 Å². The molecular formula is C18H19N5OS. The molecule has 128 valence electrons. The van der Waals surface area contributed by atoms with Gasteiger partial charge in [-0.25, -0.2) is 4.98 Å². The Hall–Kier alpha value is -2.41. The van der Waals surface area contributed by atoms with Gasteiger partial charge in [-0.1, -0.05) is 18.7 Å². The molecule has 2 heterocycles. The third-order valence-electron chi connectivity index (χ3n) is 4.32. The Kier molecular flexibility index (Phi) is 4.17. The Bertz CT molecular complexity index is 931. The maximum atomic E-state index is 11.8. The van der Waals surface area contributed by atoms with Crippen molar-refractivity contribution < 1.29 is 4.79 Å². The standard InChI is InChI=1S/C18H19N5OS/c1-3-15-11(2)21-18-19-10-20-23(18)17(15)25-14-8-6-13(7-9-14)22-16(24)12-4-5-12/h6-10,12H,3-5H2,1-2H3,(H,22,24). The molecule has 25 heavy (non-hydrogen) atoms. The Labute approximate surface area is 150 Å². The summed E-state index contributed by atoms with van der Waals surface area (Å²) in [4.78, 5) is 21.6. The van der Waals surface area contributed by atoms with Gasteiger partial charge < -0.3 is 5.32 Å². The molecule has 1 fully saturated rings. The van der Waals surface area contributed by atoms with Gasteiger partial charge >= 0.3 is 0 Å². The van der Waals surface area contributed by atoms with E-state index in [2.05, 4.69) is 27.3 Å². The van der Waals surface area contributed by atoms with Gasteiger partial charge in [0.25, 0.3) is 5.78 Å². The predicted molar refractivity (Wildman–Crippen MR) is 96.8 cm³/mol. The van der Waals surface area contributed by atoms with E-state index < -0.39 is 0 Å². The SMILES string of the molecule is CCc1c(C)nc2ncnn2c1Sc1ccc(NC(=O)C2CC2)cc1. The van der Waals surface area contributed by atoms with Gasteiger partial charge in [-0.3, -0.25) is 4.79 Å². The van der Waals surface area contributed by atoms with Crippen molar-refractivity contribution in [2.45, 2.75) is 43.0 Å². The van der Waals surface area contributed by atoms with Crippen molar-refractivity contribution >= 4 is 29.1 Å². The van der Waals surface area contributed by atoms with Crippen LogP contribution in [0.1, 0.15) is 31.0 Å². The zero-order chi connectivity index (χ0) is 17.4. The number of aryl methyl sites for hydroxylation is 1. The second-order valence-electron chi connectivity index (χ2n) is 6.20. The molecule has 1 aliphatic carbocycles. The van der Waals surface area contributed by atoms with E-state index in [-0.39, 0.29) is 11.8 Å². The number of hydrogen-bond acceptors (Lipinski definition) is 5. The van der Waals surface area contributed by atoms with E-state index in [0.717, 1.165) is 40.6 Å². The summed E-state index contributed by atoms with van der Waals surface area (Å²) in [7, 11) is 0. The lowest BCUT2D eigenvalue weighted by atomic mass is 10.2. The van der Waals surface area contributed by atoms with Crippen LogP contribution in [0.2, 0.25) is 0 Å². The average molecular weight is 353 g/mol. The molecule has 0 bridgehead atoms. The highest BCUT2D eigenvalue weighted by atomic mass is 32.2. The molecule has 2 aromatic heterocycles. The molecule has 7 heteroatoms. The molecule has 1 saturated carbocycles. The first-order valence-electron chi connectivity index (χ1n) is 8.43. The highest BCUT2D eigenvalue weighted by molar-refractivity contribution is 7.99. The zero-order valence-electron chi connectivity index (χ0n) is 14.2. The van der Waals surface area contributed by atoms with E-state index in [0.29, 0.717) is 5.78 Å². The van der Waals surface area contributed by atoms with Crippen LogP contribution in [0.4, 0.5) is 5.69 Å². The number of carbonyl (C=O) groups is 1. The van der Waals surface area contributed by atoms with Crippen molar-refractivity contribution in [2.75, 3.05) is 5.32 Å². The summed E-state index contributed by atoms with van der Waals surface area (Å²) in [5.74, 6) is 0.954. The van der Waals surface area contributed by atoms with Crippen molar-refractivity contribution in [3.63, 3.8) is 0 Å². The largest absolute Gasteiger partial charge is 0.326 e. The molecule has 0 spiro atoms. The predicted octanol–water partition coefficient (Wildman–Crippen LogP) is 3.49. The lowest BCUT2D eigenvalue weighted by Crippen LogP contribution is -2.12. The number of nitrogens with zero attached hydrogens (tertiary/aromatic N) is 4. The summed E-state index contributed by atoms with van der Waals surface area (Å²) >= 11 is 1.64. The van der Waals surface area contributed by atoms with E-state index in [9.17, 15) is 4.79 Å². The second-order valence-corrected chi connectivity index (χ2v) is 7.26. The van der Waals surface area contributed by atoms with Gasteiger partial charge in [0.1, 0.15) is 11.4 Å². The average Bonchev–Trinajstić information content (AvgIpc) is 3.36. The van der Waals surface area contributed by atoms with Gasteiger partial charge in [0.05, 0.1) is 0 Å². The minimum absolute atomic E-state index is 0.128. The van der Waals surface area contributed by atoms with Crippen LogP contribution in [0.15, 0.2) is 40.5 Å². The number of rotatable bonds is 5. The summed E-state index contributed by atoms with van der Waals surface area (Å²) < 4.78 is 1.79. The molecule has 6 nitrogen and oxygen atoms in total. The van der Waals surface area contributed by atoms with Crippen LogP contribution < -0.4 is 5.32 Å². The summed E-state index contributed by atoms with van der Waals surface area (Å²) in [6, 6.07) is 7.93. The normalized spacial score (nSPS) is 14.0. The lowest BCUT2D eigenvalue weighted by Gasteiger charge is -2.12.